The van der Waals surface area contributed by atoms with Gasteiger partial charge in [-0.15, -0.1) is 5.10 Å². The summed E-state index contributed by atoms with van der Waals surface area (Å²) in [5.41, 5.74) is 0.610. The van der Waals surface area contributed by atoms with Crippen LogP contribution in [0, 0.1) is 5.82 Å². The van der Waals surface area contributed by atoms with Crippen molar-refractivity contribution in [3.63, 3.8) is 0 Å². The van der Waals surface area contributed by atoms with Crippen LogP contribution in [0.15, 0.2) is 66.0 Å². The van der Waals surface area contributed by atoms with Crippen LogP contribution >= 0.6 is 0 Å². The molecule has 1 N–H and O–H groups in total. The molecule has 0 spiro atoms. The molecule has 2 aromatic carbocycles. The fourth-order valence-corrected chi connectivity index (χ4v) is 2.66. The van der Waals surface area contributed by atoms with Crippen LogP contribution in [-0.2, 0) is 11.3 Å². The Hall–Kier alpha value is -3.88. The van der Waals surface area contributed by atoms with Crippen LogP contribution in [0.2, 0.25) is 0 Å². The molecule has 134 valence electrons. The molecule has 2 aromatic heterocycles. The van der Waals surface area contributed by atoms with Crippen molar-refractivity contribution in [3.8, 4) is 5.69 Å². The van der Waals surface area contributed by atoms with Crippen LogP contribution in [0.5, 0.6) is 0 Å². The van der Waals surface area contributed by atoms with Crippen molar-refractivity contribution < 1.29 is 9.18 Å². The molecule has 0 aliphatic heterocycles. The van der Waals surface area contributed by atoms with Crippen molar-refractivity contribution in [2.45, 2.75) is 6.54 Å². The fourth-order valence-electron chi connectivity index (χ4n) is 2.66. The summed E-state index contributed by atoms with van der Waals surface area (Å²) < 4.78 is 16.7. The van der Waals surface area contributed by atoms with Gasteiger partial charge in [0.2, 0.25) is 5.91 Å². The van der Waals surface area contributed by atoms with E-state index in [1.165, 1.54) is 29.2 Å². The Bertz CT molecular complexity index is 1190. The van der Waals surface area contributed by atoms with Gasteiger partial charge in [0, 0.05) is 18.1 Å². The summed E-state index contributed by atoms with van der Waals surface area (Å²) in [4.78, 5) is 28.4. The number of carbonyl (C=O) groups excluding carboxylic acids is 1. The Morgan fingerprint density at radius 2 is 2.04 bits per heavy atom. The fraction of sp³-hybridized carbons (Fsp3) is 0.0556. The van der Waals surface area contributed by atoms with Crippen molar-refractivity contribution in [1.29, 1.82) is 0 Å². The van der Waals surface area contributed by atoms with E-state index in [0.29, 0.717) is 16.6 Å². The van der Waals surface area contributed by atoms with Gasteiger partial charge < -0.3 is 9.88 Å². The summed E-state index contributed by atoms with van der Waals surface area (Å²) >= 11 is 0. The number of hydrogen-bond donors (Lipinski definition) is 1. The molecular formula is C18H13FN6O2. The summed E-state index contributed by atoms with van der Waals surface area (Å²) in [5, 5.41) is 10.6. The Labute approximate surface area is 151 Å². The van der Waals surface area contributed by atoms with Crippen molar-refractivity contribution in [2.24, 2.45) is 0 Å². The molecule has 8 nitrogen and oxygen atoms in total. The zero-order valence-corrected chi connectivity index (χ0v) is 13.9. The molecule has 0 radical (unpaired) electrons. The molecule has 0 fully saturated rings. The monoisotopic (exact) mass is 364 g/mol. The van der Waals surface area contributed by atoms with Crippen LogP contribution in [0.25, 0.3) is 16.6 Å². The number of anilines is 1. The second kappa shape index (κ2) is 6.79. The third-order valence-electron chi connectivity index (χ3n) is 3.94. The summed E-state index contributed by atoms with van der Waals surface area (Å²) in [7, 11) is 0. The molecule has 0 saturated carbocycles. The Kier molecular flexibility index (Phi) is 4.17. The lowest BCUT2D eigenvalue weighted by atomic mass is 10.2. The molecule has 0 aliphatic rings. The molecule has 4 rings (SSSR count). The Balaban J connectivity index is 1.52. The maximum atomic E-state index is 14.3. The van der Waals surface area contributed by atoms with Crippen molar-refractivity contribution >= 4 is 22.5 Å². The number of benzene rings is 2. The normalized spacial score (nSPS) is 10.9. The van der Waals surface area contributed by atoms with Gasteiger partial charge in [-0.2, -0.15) is 0 Å². The lowest BCUT2D eigenvalue weighted by Crippen LogP contribution is -2.30. The summed E-state index contributed by atoms with van der Waals surface area (Å²) in [6.45, 7) is -0.332. The third kappa shape index (κ3) is 3.30. The smallest absolute Gasteiger partial charge is 0.278 e. The van der Waals surface area contributed by atoms with Gasteiger partial charge in [0.25, 0.3) is 5.56 Å². The maximum Gasteiger partial charge on any atom is 0.278 e. The Morgan fingerprint density at radius 3 is 2.81 bits per heavy atom. The SMILES string of the molecule is O=C(Cn1nnc2ccccc2c1=O)Nc1ccc(-n2ccnc2)c(F)c1. The number of nitrogens with zero attached hydrogens (tertiary/aromatic N) is 5. The van der Waals surface area contributed by atoms with Crippen LogP contribution < -0.4 is 10.9 Å². The minimum Gasteiger partial charge on any atom is -0.324 e. The highest BCUT2D eigenvalue weighted by molar-refractivity contribution is 5.90. The number of imidazole rings is 1. The lowest BCUT2D eigenvalue weighted by Gasteiger charge is -2.09. The van der Waals surface area contributed by atoms with Gasteiger partial charge in [0.1, 0.15) is 17.9 Å². The molecule has 0 saturated heterocycles. The van der Waals surface area contributed by atoms with E-state index in [-0.39, 0.29) is 12.2 Å². The second-order valence-corrected chi connectivity index (χ2v) is 5.75. The molecule has 0 unspecified atom stereocenters. The molecule has 2 heterocycles. The molecular weight excluding hydrogens is 351 g/mol. The molecule has 27 heavy (non-hydrogen) atoms. The predicted molar refractivity (Wildman–Crippen MR) is 95.9 cm³/mol. The number of rotatable bonds is 4. The topological polar surface area (TPSA) is 94.7 Å². The van der Waals surface area contributed by atoms with E-state index in [0.717, 1.165) is 4.68 Å². The highest BCUT2D eigenvalue weighted by Gasteiger charge is 2.11. The predicted octanol–water partition coefficient (Wildman–Crippen LogP) is 1.75. The zero-order chi connectivity index (χ0) is 18.8. The minimum absolute atomic E-state index is 0.267. The first-order valence-corrected chi connectivity index (χ1v) is 8.02. The van der Waals surface area contributed by atoms with Crippen molar-refractivity contribution in [3.05, 3.63) is 77.4 Å². The van der Waals surface area contributed by atoms with Gasteiger partial charge in [0.05, 0.1) is 17.4 Å². The van der Waals surface area contributed by atoms with Gasteiger partial charge in [-0.05, 0) is 30.3 Å². The summed E-state index contributed by atoms with van der Waals surface area (Å²) in [5.74, 6) is -1.04. The third-order valence-corrected chi connectivity index (χ3v) is 3.94. The molecule has 9 heteroatoms. The standard InChI is InChI=1S/C18H13FN6O2/c19-14-9-12(5-6-16(14)24-8-7-20-11-24)21-17(26)10-25-18(27)13-3-1-2-4-15(13)22-23-25/h1-9,11H,10H2,(H,21,26). The van der Waals surface area contributed by atoms with Gasteiger partial charge in [-0.25, -0.2) is 14.1 Å². The van der Waals surface area contributed by atoms with E-state index < -0.39 is 17.3 Å². The number of fused-ring (bicyclic) bond motifs is 1. The van der Waals surface area contributed by atoms with Crippen LogP contribution in [0.1, 0.15) is 0 Å². The lowest BCUT2D eigenvalue weighted by molar-refractivity contribution is -0.117. The van der Waals surface area contributed by atoms with Crippen LogP contribution in [0.3, 0.4) is 0 Å². The number of nitrogens with one attached hydrogen (secondary N) is 1. The van der Waals surface area contributed by atoms with Crippen molar-refractivity contribution in [2.75, 3.05) is 5.32 Å². The highest BCUT2D eigenvalue weighted by atomic mass is 19.1. The van der Waals surface area contributed by atoms with Crippen LogP contribution in [0.4, 0.5) is 10.1 Å². The van der Waals surface area contributed by atoms with Crippen molar-refractivity contribution in [1.82, 2.24) is 24.5 Å². The summed E-state index contributed by atoms with van der Waals surface area (Å²) in [6, 6.07) is 11.0. The van der Waals surface area contributed by atoms with Gasteiger partial charge >= 0.3 is 0 Å². The first-order chi connectivity index (χ1) is 13.1. The van der Waals surface area contributed by atoms with E-state index in [4.69, 9.17) is 0 Å². The van der Waals surface area contributed by atoms with Gasteiger partial charge in [0.15, 0.2) is 0 Å². The first-order valence-electron chi connectivity index (χ1n) is 8.02. The largest absolute Gasteiger partial charge is 0.324 e. The molecule has 4 aromatic rings. The maximum absolute atomic E-state index is 14.3. The zero-order valence-electron chi connectivity index (χ0n) is 13.9. The van der Waals surface area contributed by atoms with E-state index >= 15 is 0 Å². The average molecular weight is 364 g/mol. The highest BCUT2D eigenvalue weighted by Crippen LogP contribution is 2.18. The Morgan fingerprint density at radius 1 is 1.19 bits per heavy atom. The first kappa shape index (κ1) is 16.6. The molecule has 0 atom stereocenters. The number of carbonyl (C=O) groups is 1. The van der Waals surface area contributed by atoms with E-state index in [9.17, 15) is 14.0 Å². The van der Waals surface area contributed by atoms with E-state index in [2.05, 4.69) is 20.6 Å². The number of amides is 1. The molecule has 1 amide bonds. The molecule has 0 aliphatic carbocycles. The van der Waals surface area contributed by atoms with E-state index in [1.807, 2.05) is 0 Å². The van der Waals surface area contributed by atoms with Crippen LogP contribution in [-0.4, -0.2) is 30.5 Å². The van der Waals surface area contributed by atoms with E-state index in [1.54, 1.807) is 36.5 Å². The average Bonchev–Trinajstić information content (AvgIpc) is 3.19. The number of aromatic nitrogens is 5. The second-order valence-electron chi connectivity index (χ2n) is 5.75. The summed E-state index contributed by atoms with van der Waals surface area (Å²) in [6.07, 6.45) is 4.63. The number of hydrogen-bond acceptors (Lipinski definition) is 5. The van der Waals surface area contributed by atoms with Gasteiger partial charge in [-0.1, -0.05) is 17.3 Å². The number of halogens is 1. The molecule has 0 bridgehead atoms. The quantitative estimate of drug-likeness (QED) is 0.595. The minimum atomic E-state index is -0.520. The van der Waals surface area contributed by atoms with Gasteiger partial charge in [-0.3, -0.25) is 9.59 Å².